The van der Waals surface area contributed by atoms with Crippen LogP contribution in [0, 0.1) is 24.0 Å². The number of H-pyrrole nitrogens is 1. The lowest BCUT2D eigenvalue weighted by atomic mass is 9.74. The summed E-state index contributed by atoms with van der Waals surface area (Å²) in [6.45, 7) is 1.16. The molecule has 3 heterocycles. The highest BCUT2D eigenvalue weighted by Crippen LogP contribution is 2.44. The Labute approximate surface area is 213 Å². The fourth-order valence-corrected chi connectivity index (χ4v) is 4.78. The van der Waals surface area contributed by atoms with Gasteiger partial charge in [-0.25, -0.2) is 13.8 Å². The first-order valence-corrected chi connectivity index (χ1v) is 11.7. The number of aromatic nitrogens is 3. The number of piperidine rings is 1. The van der Waals surface area contributed by atoms with Crippen LogP contribution in [0.3, 0.4) is 0 Å². The van der Waals surface area contributed by atoms with Crippen molar-refractivity contribution in [1.29, 1.82) is 0 Å². The van der Waals surface area contributed by atoms with Crippen LogP contribution >= 0.6 is 11.6 Å². The van der Waals surface area contributed by atoms with Crippen LogP contribution in [0.1, 0.15) is 35.8 Å². The predicted octanol–water partition coefficient (Wildman–Crippen LogP) is 5.80. The third-order valence-electron chi connectivity index (χ3n) is 6.55. The van der Waals surface area contributed by atoms with E-state index in [1.54, 1.807) is 13.0 Å². The van der Waals surface area contributed by atoms with Crippen molar-refractivity contribution >= 4 is 29.2 Å². The molecule has 1 saturated heterocycles. The molecule has 0 spiro atoms. The molecule has 0 amide bonds. The Morgan fingerprint density at radius 3 is 2.51 bits per heavy atom. The van der Waals surface area contributed by atoms with Gasteiger partial charge in [-0.05, 0) is 38.0 Å². The first-order chi connectivity index (χ1) is 17.4. The van der Waals surface area contributed by atoms with E-state index in [9.17, 15) is 31.9 Å². The average molecular weight is 544 g/mol. The molecule has 0 saturated carbocycles. The number of benzene rings is 1. The Morgan fingerprint density at radius 2 is 1.92 bits per heavy atom. The number of rotatable bonds is 7. The van der Waals surface area contributed by atoms with E-state index in [0.717, 1.165) is 28.8 Å². The second kappa shape index (κ2) is 10.3. The number of likely N-dealkylation sites (tertiary alicyclic amines) is 1. The monoisotopic (exact) mass is 543 g/mol. The molecule has 1 fully saturated rings. The van der Waals surface area contributed by atoms with E-state index in [0.29, 0.717) is 5.82 Å². The van der Waals surface area contributed by atoms with Gasteiger partial charge in [0.2, 0.25) is 0 Å². The molecule has 0 bridgehead atoms. The van der Waals surface area contributed by atoms with E-state index in [-0.39, 0.29) is 43.9 Å². The van der Waals surface area contributed by atoms with E-state index in [1.807, 2.05) is 0 Å². The van der Waals surface area contributed by atoms with Gasteiger partial charge in [-0.2, -0.15) is 18.3 Å². The summed E-state index contributed by atoms with van der Waals surface area (Å²) < 4.78 is 71.3. The largest absolute Gasteiger partial charge is 0.481 e. The Kier molecular flexibility index (Phi) is 7.43. The zero-order chi connectivity index (χ0) is 27.0. The van der Waals surface area contributed by atoms with Gasteiger partial charge in [0.1, 0.15) is 23.5 Å². The fourth-order valence-electron chi connectivity index (χ4n) is 4.60. The second-order valence-electron chi connectivity index (χ2n) is 9.07. The Hall–Kier alpha value is -3.25. The highest BCUT2D eigenvalue weighted by atomic mass is 35.5. The number of aliphatic carboxylic acids is 1. The van der Waals surface area contributed by atoms with Crippen molar-refractivity contribution in [3.63, 3.8) is 0 Å². The van der Waals surface area contributed by atoms with Crippen LogP contribution in [0.15, 0.2) is 36.4 Å². The van der Waals surface area contributed by atoms with Crippen LogP contribution in [0.5, 0.6) is 0 Å². The quantitative estimate of drug-likeness (QED) is 0.326. The van der Waals surface area contributed by atoms with Crippen LogP contribution in [-0.2, 0) is 11.2 Å². The molecule has 0 unspecified atom stereocenters. The summed E-state index contributed by atoms with van der Waals surface area (Å²) in [6, 6.07) is 5.28. The highest BCUT2D eigenvalue weighted by Gasteiger charge is 2.50. The van der Waals surface area contributed by atoms with Crippen LogP contribution in [-0.4, -0.2) is 50.4 Å². The Morgan fingerprint density at radius 1 is 1.22 bits per heavy atom. The topological polar surface area (TPSA) is 94.1 Å². The maximum Gasteiger partial charge on any atom is 0.408 e. The number of pyridine rings is 1. The number of hydrogen-bond acceptors (Lipinski definition) is 5. The van der Waals surface area contributed by atoms with Gasteiger partial charge in [-0.15, -0.1) is 0 Å². The second-order valence-corrected chi connectivity index (χ2v) is 9.48. The normalized spacial score (nSPS) is 16.9. The van der Waals surface area contributed by atoms with Gasteiger partial charge in [-0.3, -0.25) is 14.8 Å². The number of halogens is 6. The zero-order valence-corrected chi connectivity index (χ0v) is 20.3. The fraction of sp³-hybridized carbons (Fsp3) is 0.375. The number of nitrogens with one attached hydrogen (secondary N) is 2. The summed E-state index contributed by atoms with van der Waals surface area (Å²) >= 11 is 5.71. The molecule has 13 heteroatoms. The molecule has 1 aromatic carbocycles. The van der Waals surface area contributed by atoms with Crippen molar-refractivity contribution in [3.05, 3.63) is 70.0 Å². The molecule has 0 aliphatic carbocycles. The number of aromatic amines is 1. The van der Waals surface area contributed by atoms with Crippen molar-refractivity contribution in [1.82, 2.24) is 20.1 Å². The van der Waals surface area contributed by atoms with Gasteiger partial charge in [0, 0.05) is 36.8 Å². The van der Waals surface area contributed by atoms with Gasteiger partial charge in [-0.1, -0.05) is 23.7 Å². The maximum atomic E-state index is 14.6. The summed E-state index contributed by atoms with van der Waals surface area (Å²) in [5.74, 6) is -2.53. The number of nitrogens with zero attached hydrogens (tertiary/aromatic N) is 3. The van der Waals surface area contributed by atoms with Gasteiger partial charge in [0.05, 0.1) is 16.1 Å². The van der Waals surface area contributed by atoms with E-state index in [1.165, 1.54) is 12.1 Å². The first-order valence-electron chi connectivity index (χ1n) is 11.3. The SMILES string of the molecule is Cc1cc(Nc2ccc(F)c(CC3(C(=O)O)CCN([C@@H](c4cccc(Cl)c4F)C(F)(F)F)CC3)n2)n[nH]1. The smallest absolute Gasteiger partial charge is 0.408 e. The first kappa shape index (κ1) is 26.8. The summed E-state index contributed by atoms with van der Waals surface area (Å²) in [5, 5.41) is 19.2. The van der Waals surface area contributed by atoms with Crippen molar-refractivity contribution in [2.24, 2.45) is 5.41 Å². The number of alkyl halides is 3. The van der Waals surface area contributed by atoms with Crippen LogP contribution < -0.4 is 5.32 Å². The van der Waals surface area contributed by atoms with E-state index < -0.39 is 45.8 Å². The van der Waals surface area contributed by atoms with Crippen molar-refractivity contribution in [2.75, 3.05) is 18.4 Å². The highest BCUT2D eigenvalue weighted by molar-refractivity contribution is 6.30. The van der Waals surface area contributed by atoms with Gasteiger partial charge >= 0.3 is 12.1 Å². The number of carboxylic acid groups (broad SMARTS) is 1. The third kappa shape index (κ3) is 5.69. The number of anilines is 2. The number of hydrogen-bond donors (Lipinski definition) is 3. The van der Waals surface area contributed by atoms with E-state index >= 15 is 0 Å². The average Bonchev–Trinajstić information content (AvgIpc) is 3.23. The molecule has 3 N–H and O–H groups in total. The molecule has 0 radical (unpaired) electrons. The lowest BCUT2D eigenvalue weighted by Gasteiger charge is -2.42. The maximum absolute atomic E-state index is 14.6. The zero-order valence-electron chi connectivity index (χ0n) is 19.5. The molecule has 1 atom stereocenters. The number of aryl methyl sites for hydroxylation is 1. The lowest BCUT2D eigenvalue weighted by Crippen LogP contribution is -2.49. The van der Waals surface area contributed by atoms with Gasteiger partial charge in [0.25, 0.3) is 0 Å². The minimum absolute atomic E-state index is 0.138. The van der Waals surface area contributed by atoms with Crippen molar-refractivity contribution in [2.45, 2.75) is 38.4 Å². The molecule has 1 aliphatic rings. The molecule has 7 nitrogen and oxygen atoms in total. The number of carbonyl (C=O) groups is 1. The molecular formula is C24H23ClF5N5O2. The van der Waals surface area contributed by atoms with Crippen molar-refractivity contribution in [3.8, 4) is 0 Å². The number of carboxylic acids is 1. The van der Waals surface area contributed by atoms with Gasteiger partial charge < -0.3 is 10.4 Å². The summed E-state index contributed by atoms with van der Waals surface area (Å²) in [5.41, 5.74) is -1.56. The molecule has 198 valence electrons. The minimum Gasteiger partial charge on any atom is -0.481 e. The van der Waals surface area contributed by atoms with E-state index in [4.69, 9.17) is 11.6 Å². The van der Waals surface area contributed by atoms with Crippen molar-refractivity contribution < 1.29 is 31.9 Å². The molecule has 3 aromatic rings. The summed E-state index contributed by atoms with van der Waals surface area (Å²) in [7, 11) is 0. The Balaban J connectivity index is 1.56. The van der Waals surface area contributed by atoms with Crippen LogP contribution in [0.4, 0.5) is 33.6 Å². The van der Waals surface area contributed by atoms with E-state index in [2.05, 4.69) is 20.5 Å². The summed E-state index contributed by atoms with van der Waals surface area (Å²) in [6.07, 6.45) is -5.63. The summed E-state index contributed by atoms with van der Waals surface area (Å²) in [4.78, 5) is 17.5. The standard InChI is InChI=1S/C24H23ClF5N5O2/c1-13-11-19(34-33-13)32-18-6-5-16(26)17(31-18)12-23(22(36)37)7-9-35(10-8-23)21(24(28,29)30)14-3-2-4-15(25)20(14)27/h2-6,11,21H,7-10,12H2,1H3,(H,36,37)(H2,31,32,33,34)/t21-/m0/s1. The molecule has 4 rings (SSSR count). The molecule has 1 aliphatic heterocycles. The van der Waals surface area contributed by atoms with Crippen LogP contribution in [0.2, 0.25) is 5.02 Å². The lowest BCUT2D eigenvalue weighted by molar-refractivity contribution is -0.194. The predicted molar refractivity (Wildman–Crippen MR) is 126 cm³/mol. The molecular weight excluding hydrogens is 521 g/mol. The van der Waals surface area contributed by atoms with Gasteiger partial charge in [0.15, 0.2) is 5.82 Å². The molecule has 2 aromatic heterocycles. The third-order valence-corrected chi connectivity index (χ3v) is 6.84. The Bertz CT molecular complexity index is 1290. The minimum atomic E-state index is -4.84. The molecule has 37 heavy (non-hydrogen) atoms. The van der Waals surface area contributed by atoms with Crippen LogP contribution in [0.25, 0.3) is 0 Å².